The number of piperazine rings is 1. The average Bonchev–Trinajstić information content (AvgIpc) is 3.65. The van der Waals surface area contributed by atoms with Crippen molar-refractivity contribution in [2.45, 2.75) is 103 Å². The number of rotatable bonds is 11. The smallest absolute Gasteiger partial charge is 0.272 e. The van der Waals surface area contributed by atoms with Gasteiger partial charge in [0.2, 0.25) is 5.88 Å². The molecule has 0 radical (unpaired) electrons. The van der Waals surface area contributed by atoms with Gasteiger partial charge < -0.3 is 25.4 Å². The number of morpholine rings is 1. The fourth-order valence-electron chi connectivity index (χ4n) is 8.93. The number of nitrogens with one attached hydrogen (secondary N) is 3. The maximum atomic E-state index is 14.6. The molecule has 2 saturated heterocycles. The summed E-state index contributed by atoms with van der Waals surface area (Å²) in [6, 6.07) is 18.4. The van der Waals surface area contributed by atoms with E-state index in [0.29, 0.717) is 49.2 Å². The predicted molar refractivity (Wildman–Crippen MR) is 216 cm³/mol. The van der Waals surface area contributed by atoms with Gasteiger partial charge in [-0.05, 0) is 105 Å². The first kappa shape index (κ1) is 39.2. The van der Waals surface area contributed by atoms with Gasteiger partial charge in [-0.15, -0.1) is 0 Å². The van der Waals surface area contributed by atoms with Crippen molar-refractivity contribution >= 4 is 11.8 Å². The third-order valence-corrected chi connectivity index (χ3v) is 11.7. The number of pyridine rings is 1. The monoisotopic (exact) mass is 778 g/mol. The Morgan fingerprint density at radius 3 is 2.39 bits per heavy atom. The molecular formula is C44H55FN8O4. The van der Waals surface area contributed by atoms with Crippen molar-refractivity contribution in [2.75, 3.05) is 39.4 Å². The van der Waals surface area contributed by atoms with E-state index in [-0.39, 0.29) is 29.4 Å². The van der Waals surface area contributed by atoms with Crippen LogP contribution in [0.5, 0.6) is 11.6 Å². The first-order valence-corrected chi connectivity index (χ1v) is 20.7. The molecule has 2 aromatic heterocycles. The summed E-state index contributed by atoms with van der Waals surface area (Å²) in [4.78, 5) is 35.8. The zero-order valence-electron chi connectivity index (χ0n) is 33.1. The van der Waals surface area contributed by atoms with E-state index >= 15 is 0 Å². The van der Waals surface area contributed by atoms with Gasteiger partial charge in [0.15, 0.2) is 0 Å². The number of carbonyl (C=O) groups excluding carboxylic acids is 2. The van der Waals surface area contributed by atoms with Gasteiger partial charge in [0.25, 0.3) is 11.8 Å². The van der Waals surface area contributed by atoms with E-state index in [0.717, 1.165) is 101 Å². The lowest BCUT2D eigenvalue weighted by Crippen LogP contribution is -2.53. The van der Waals surface area contributed by atoms with E-state index in [4.69, 9.17) is 9.47 Å². The molecule has 2 atom stereocenters. The topological polar surface area (TPSA) is 126 Å². The normalized spacial score (nSPS) is 23.1. The lowest BCUT2D eigenvalue weighted by molar-refractivity contribution is 0.0342. The van der Waals surface area contributed by atoms with E-state index in [1.807, 2.05) is 28.9 Å². The van der Waals surface area contributed by atoms with Gasteiger partial charge in [-0.2, -0.15) is 5.10 Å². The number of aryl methyl sites for hydroxylation is 2. The van der Waals surface area contributed by atoms with Crippen LogP contribution >= 0.6 is 0 Å². The van der Waals surface area contributed by atoms with E-state index in [1.165, 1.54) is 17.2 Å². The fraction of sp³-hybridized carbons (Fsp3) is 0.500. The summed E-state index contributed by atoms with van der Waals surface area (Å²) in [5.74, 6) is -0.674. The molecule has 1 saturated carbocycles. The molecule has 4 aromatic rings. The number of aromatic nitrogens is 3. The molecule has 12 nitrogen and oxygen atoms in total. The Morgan fingerprint density at radius 2 is 1.63 bits per heavy atom. The first-order chi connectivity index (χ1) is 27.7. The third-order valence-electron chi connectivity index (χ3n) is 11.7. The molecular weight excluding hydrogens is 724 g/mol. The second-order valence-corrected chi connectivity index (χ2v) is 16.4. The van der Waals surface area contributed by atoms with Crippen molar-refractivity contribution in [3.63, 3.8) is 0 Å². The van der Waals surface area contributed by atoms with Gasteiger partial charge in [-0.1, -0.05) is 30.3 Å². The molecule has 3 aliphatic heterocycles. The van der Waals surface area contributed by atoms with Gasteiger partial charge in [-0.3, -0.25) is 24.1 Å². The second kappa shape index (κ2) is 17.8. The minimum Gasteiger partial charge on any atom is -0.438 e. The summed E-state index contributed by atoms with van der Waals surface area (Å²) in [6.07, 6.45) is 7.01. The number of hydrogen-bond acceptors (Lipinski definition) is 9. The highest BCUT2D eigenvalue weighted by atomic mass is 19.1. The number of ether oxygens (including phenoxy) is 2. The Kier molecular flexibility index (Phi) is 12.3. The van der Waals surface area contributed by atoms with Crippen LogP contribution in [0.3, 0.4) is 0 Å². The van der Waals surface area contributed by atoms with Crippen LogP contribution in [0, 0.1) is 5.82 Å². The zero-order chi connectivity index (χ0) is 39.3. The van der Waals surface area contributed by atoms with Crippen LogP contribution in [-0.4, -0.2) is 99.9 Å². The van der Waals surface area contributed by atoms with Gasteiger partial charge in [-0.25, -0.2) is 9.37 Å². The van der Waals surface area contributed by atoms with E-state index in [2.05, 4.69) is 73.9 Å². The lowest BCUT2D eigenvalue weighted by Gasteiger charge is -2.36. The summed E-state index contributed by atoms with van der Waals surface area (Å²) in [5, 5.41) is 14.4. The lowest BCUT2D eigenvalue weighted by atomic mass is 9.91. The van der Waals surface area contributed by atoms with Crippen LogP contribution in [0.15, 0.2) is 60.8 Å². The largest absolute Gasteiger partial charge is 0.438 e. The molecule has 0 spiro atoms. The number of benzene rings is 2. The molecule has 5 heterocycles. The Balaban J connectivity index is 0.930. The number of fused-ring (bicyclic) bond motifs is 1. The van der Waals surface area contributed by atoms with Crippen molar-refractivity contribution in [2.24, 2.45) is 0 Å². The van der Waals surface area contributed by atoms with Crippen molar-refractivity contribution in [1.82, 2.24) is 40.5 Å². The Bertz CT molecular complexity index is 2010. The standard InChI is InChI=1S/C44H55FN8O4/c1-29-25-52(26-30(2)47-29)27-31-9-14-39(33(20-31)28-51-16-18-56-19-17-51)32-6-5-8-38(21-32)57-44-40(22-34(45)24-46-44)42(54)48-35-10-12-36(13-11-35)49-43(55)41-23-37-7-3-4-15-53(37)50-41/h5-6,8-9,14,20-24,29-30,35-36,47H,3-4,7,10-13,15-19,25-28H2,1-2H3,(H,48,54)(H,49,55)/t29-,30+,35?,36?. The number of hydrogen-bond donors (Lipinski definition) is 3. The highest BCUT2D eigenvalue weighted by molar-refractivity contribution is 5.96. The number of amides is 2. The summed E-state index contributed by atoms with van der Waals surface area (Å²) >= 11 is 0. The third kappa shape index (κ3) is 9.89. The SMILES string of the molecule is C[C@@H]1CN(Cc2ccc(-c3cccc(Oc4ncc(F)cc4C(=O)NC4CCC(NC(=O)c5cc6n(n5)CCCC6)CC4)c3)c(CN3CCOCC3)c2)C[C@H](C)N1. The van der Waals surface area contributed by atoms with E-state index in [9.17, 15) is 14.0 Å². The highest BCUT2D eigenvalue weighted by Crippen LogP contribution is 2.32. The minimum absolute atomic E-state index is 0.00294. The predicted octanol–water partition coefficient (Wildman–Crippen LogP) is 5.70. The molecule has 1 aliphatic carbocycles. The van der Waals surface area contributed by atoms with E-state index < -0.39 is 11.7 Å². The maximum absolute atomic E-state index is 14.6. The molecule has 3 N–H and O–H groups in total. The van der Waals surface area contributed by atoms with Crippen molar-refractivity contribution < 1.29 is 23.5 Å². The maximum Gasteiger partial charge on any atom is 0.272 e. The van der Waals surface area contributed by atoms with Crippen LogP contribution in [-0.2, 0) is 30.8 Å². The number of halogens is 1. The summed E-state index contributed by atoms with van der Waals surface area (Å²) in [6.45, 7) is 12.3. The Hall–Kier alpha value is -4.69. The Morgan fingerprint density at radius 1 is 0.877 bits per heavy atom. The van der Waals surface area contributed by atoms with Crippen molar-refractivity contribution in [3.05, 3.63) is 94.7 Å². The molecule has 13 heteroatoms. The van der Waals surface area contributed by atoms with Crippen LogP contribution in [0.2, 0.25) is 0 Å². The van der Waals surface area contributed by atoms with Crippen molar-refractivity contribution in [3.8, 4) is 22.8 Å². The highest BCUT2D eigenvalue weighted by Gasteiger charge is 2.28. The molecule has 4 aliphatic rings. The summed E-state index contributed by atoms with van der Waals surface area (Å²) < 4.78 is 28.4. The molecule has 2 aromatic carbocycles. The van der Waals surface area contributed by atoms with Crippen LogP contribution in [0.25, 0.3) is 11.1 Å². The van der Waals surface area contributed by atoms with Crippen LogP contribution in [0.4, 0.5) is 4.39 Å². The van der Waals surface area contributed by atoms with Gasteiger partial charge in [0.05, 0.1) is 19.4 Å². The molecule has 8 rings (SSSR count). The fourth-order valence-corrected chi connectivity index (χ4v) is 8.93. The molecule has 0 bridgehead atoms. The molecule has 0 unspecified atom stereocenters. The van der Waals surface area contributed by atoms with Crippen LogP contribution < -0.4 is 20.7 Å². The van der Waals surface area contributed by atoms with Crippen molar-refractivity contribution in [1.29, 1.82) is 0 Å². The van der Waals surface area contributed by atoms with Gasteiger partial charge >= 0.3 is 0 Å². The van der Waals surface area contributed by atoms with E-state index in [1.54, 1.807) is 0 Å². The second-order valence-electron chi connectivity index (χ2n) is 16.4. The minimum atomic E-state index is -0.619. The Labute approximate surface area is 334 Å². The van der Waals surface area contributed by atoms with Crippen LogP contribution in [0.1, 0.15) is 90.0 Å². The molecule has 57 heavy (non-hydrogen) atoms. The quantitative estimate of drug-likeness (QED) is 0.176. The zero-order valence-corrected chi connectivity index (χ0v) is 33.1. The molecule has 3 fully saturated rings. The first-order valence-electron chi connectivity index (χ1n) is 20.7. The summed E-state index contributed by atoms with van der Waals surface area (Å²) in [7, 11) is 0. The average molecular weight is 779 g/mol. The molecule has 2 amide bonds. The number of nitrogens with zero attached hydrogens (tertiary/aromatic N) is 5. The number of carbonyl (C=O) groups is 2. The van der Waals surface area contributed by atoms with Gasteiger partial charge in [0.1, 0.15) is 22.8 Å². The molecule has 302 valence electrons. The summed E-state index contributed by atoms with van der Waals surface area (Å²) in [5.41, 5.74) is 6.23. The van der Waals surface area contributed by atoms with Gasteiger partial charge in [0, 0.05) is 75.7 Å².